The van der Waals surface area contributed by atoms with Crippen LogP contribution in [0.5, 0.6) is 0 Å². The lowest BCUT2D eigenvalue weighted by molar-refractivity contribution is -0.176. The van der Waals surface area contributed by atoms with Crippen LogP contribution in [0.2, 0.25) is 0 Å². The summed E-state index contributed by atoms with van der Waals surface area (Å²) in [6.07, 6.45) is -3.81. The Kier molecular flexibility index (Phi) is 1.42. The van der Waals surface area contributed by atoms with Crippen molar-refractivity contribution < 1.29 is 13.2 Å². The molecule has 0 saturated carbocycles. The zero-order valence-electron chi connectivity index (χ0n) is 5.00. The van der Waals surface area contributed by atoms with Gasteiger partial charge in [-0.2, -0.15) is 13.2 Å². The van der Waals surface area contributed by atoms with E-state index in [9.17, 15) is 13.2 Å². The molecule has 1 aliphatic heterocycles. The molecule has 54 valence electrons. The molecule has 0 radical (unpaired) electrons. The van der Waals surface area contributed by atoms with Crippen molar-refractivity contribution >= 4 is 0 Å². The minimum atomic E-state index is -4.04. The summed E-state index contributed by atoms with van der Waals surface area (Å²) in [6, 6.07) is -1.20. The van der Waals surface area contributed by atoms with Crippen LogP contribution in [-0.2, 0) is 0 Å². The SMILES string of the molecule is CC1C[C@@H](C(F)(F)F)N1. The molecule has 1 saturated heterocycles. The van der Waals surface area contributed by atoms with Gasteiger partial charge in [0.15, 0.2) is 0 Å². The predicted molar refractivity (Wildman–Crippen MR) is 27.1 cm³/mol. The summed E-state index contributed by atoms with van der Waals surface area (Å²) in [7, 11) is 0. The third-order valence-electron chi connectivity index (χ3n) is 1.47. The van der Waals surface area contributed by atoms with Gasteiger partial charge in [-0.05, 0) is 13.3 Å². The van der Waals surface area contributed by atoms with E-state index in [1.165, 1.54) is 0 Å². The number of rotatable bonds is 0. The highest BCUT2D eigenvalue weighted by Crippen LogP contribution is 2.28. The molecule has 1 N–H and O–H groups in total. The minimum absolute atomic E-state index is 0.0385. The van der Waals surface area contributed by atoms with E-state index in [0.29, 0.717) is 0 Å². The molecular formula is C5H8F3N. The normalized spacial score (nSPS) is 36.0. The van der Waals surface area contributed by atoms with Crippen LogP contribution >= 0.6 is 0 Å². The topological polar surface area (TPSA) is 12.0 Å². The Labute approximate surface area is 51.2 Å². The second kappa shape index (κ2) is 1.87. The van der Waals surface area contributed by atoms with Crippen molar-refractivity contribution in [1.29, 1.82) is 0 Å². The molecule has 0 aliphatic carbocycles. The van der Waals surface area contributed by atoms with Gasteiger partial charge in [0, 0.05) is 6.04 Å². The first-order valence-corrected chi connectivity index (χ1v) is 2.83. The maximum Gasteiger partial charge on any atom is 0.403 e. The van der Waals surface area contributed by atoms with E-state index < -0.39 is 12.2 Å². The van der Waals surface area contributed by atoms with E-state index in [1.54, 1.807) is 6.92 Å². The zero-order chi connectivity index (χ0) is 7.07. The van der Waals surface area contributed by atoms with E-state index in [0.717, 1.165) is 0 Å². The molecule has 1 rings (SSSR count). The summed E-state index contributed by atoms with van der Waals surface area (Å²) in [5.41, 5.74) is 0. The third-order valence-corrected chi connectivity index (χ3v) is 1.47. The van der Waals surface area contributed by atoms with E-state index >= 15 is 0 Å². The van der Waals surface area contributed by atoms with Crippen molar-refractivity contribution in [3.63, 3.8) is 0 Å². The lowest BCUT2D eigenvalue weighted by atomic mass is 9.99. The summed E-state index contributed by atoms with van der Waals surface area (Å²) in [5.74, 6) is 0. The van der Waals surface area contributed by atoms with E-state index in [4.69, 9.17) is 0 Å². The van der Waals surface area contributed by atoms with Crippen LogP contribution in [-0.4, -0.2) is 18.3 Å². The monoisotopic (exact) mass is 139 g/mol. The second-order valence-electron chi connectivity index (χ2n) is 2.40. The first-order valence-electron chi connectivity index (χ1n) is 2.83. The zero-order valence-corrected chi connectivity index (χ0v) is 5.00. The maximum absolute atomic E-state index is 11.6. The molecule has 0 aromatic rings. The lowest BCUT2D eigenvalue weighted by Gasteiger charge is -2.35. The summed E-state index contributed by atoms with van der Waals surface area (Å²) >= 11 is 0. The Morgan fingerprint density at radius 2 is 1.89 bits per heavy atom. The minimum Gasteiger partial charge on any atom is -0.304 e. The van der Waals surface area contributed by atoms with Crippen LogP contribution in [0, 0.1) is 0 Å². The molecule has 1 nitrogen and oxygen atoms in total. The summed E-state index contributed by atoms with van der Waals surface area (Å²) in [6.45, 7) is 1.74. The van der Waals surface area contributed by atoms with Crippen molar-refractivity contribution in [2.75, 3.05) is 0 Å². The van der Waals surface area contributed by atoms with Crippen LogP contribution in [0.3, 0.4) is 0 Å². The molecule has 0 spiro atoms. The number of hydrogen-bond donors (Lipinski definition) is 1. The fourth-order valence-electron chi connectivity index (χ4n) is 0.901. The Hall–Kier alpha value is -0.250. The van der Waals surface area contributed by atoms with Gasteiger partial charge in [0.25, 0.3) is 0 Å². The summed E-state index contributed by atoms with van der Waals surface area (Å²) < 4.78 is 34.8. The van der Waals surface area contributed by atoms with Crippen molar-refractivity contribution in [1.82, 2.24) is 5.32 Å². The van der Waals surface area contributed by atoms with Gasteiger partial charge in [-0.15, -0.1) is 0 Å². The molecule has 9 heavy (non-hydrogen) atoms. The smallest absolute Gasteiger partial charge is 0.304 e. The van der Waals surface area contributed by atoms with E-state index in [-0.39, 0.29) is 12.5 Å². The van der Waals surface area contributed by atoms with Crippen LogP contribution in [0.1, 0.15) is 13.3 Å². The van der Waals surface area contributed by atoms with Crippen molar-refractivity contribution in [2.45, 2.75) is 31.6 Å². The highest BCUT2D eigenvalue weighted by atomic mass is 19.4. The molecule has 0 amide bonds. The predicted octanol–water partition coefficient (Wildman–Crippen LogP) is 1.30. The van der Waals surface area contributed by atoms with Gasteiger partial charge in [-0.3, -0.25) is 0 Å². The Balaban J connectivity index is 2.32. The van der Waals surface area contributed by atoms with Gasteiger partial charge in [0.1, 0.15) is 6.04 Å². The number of halogens is 3. The van der Waals surface area contributed by atoms with Crippen LogP contribution < -0.4 is 5.32 Å². The van der Waals surface area contributed by atoms with Crippen molar-refractivity contribution in [3.05, 3.63) is 0 Å². The Morgan fingerprint density at radius 1 is 1.44 bits per heavy atom. The fourth-order valence-corrected chi connectivity index (χ4v) is 0.901. The van der Waals surface area contributed by atoms with Crippen molar-refractivity contribution in [3.8, 4) is 0 Å². The molecule has 0 bridgehead atoms. The molecule has 4 heteroatoms. The van der Waals surface area contributed by atoms with E-state index in [2.05, 4.69) is 5.32 Å². The van der Waals surface area contributed by atoms with Crippen LogP contribution in [0.4, 0.5) is 13.2 Å². The van der Waals surface area contributed by atoms with Gasteiger partial charge in [0.05, 0.1) is 0 Å². The quantitative estimate of drug-likeness (QED) is 0.533. The van der Waals surface area contributed by atoms with Gasteiger partial charge in [-0.25, -0.2) is 0 Å². The van der Waals surface area contributed by atoms with Crippen LogP contribution in [0.15, 0.2) is 0 Å². The maximum atomic E-state index is 11.6. The number of hydrogen-bond acceptors (Lipinski definition) is 1. The molecule has 1 heterocycles. The van der Waals surface area contributed by atoms with Gasteiger partial charge < -0.3 is 5.32 Å². The largest absolute Gasteiger partial charge is 0.403 e. The standard InChI is InChI=1S/C5H8F3N/c1-3-2-4(9-3)5(6,7)8/h3-4,9H,2H2,1H3/t3?,4-/m0/s1. The Bertz CT molecular complexity index is 103. The van der Waals surface area contributed by atoms with Crippen molar-refractivity contribution in [2.24, 2.45) is 0 Å². The second-order valence-corrected chi connectivity index (χ2v) is 2.40. The highest BCUT2D eigenvalue weighted by molar-refractivity contribution is 4.90. The van der Waals surface area contributed by atoms with E-state index in [1.807, 2.05) is 0 Å². The highest BCUT2D eigenvalue weighted by Gasteiger charge is 2.45. The van der Waals surface area contributed by atoms with Gasteiger partial charge >= 0.3 is 6.18 Å². The molecule has 2 atom stereocenters. The lowest BCUT2D eigenvalue weighted by Crippen LogP contribution is -2.58. The molecular weight excluding hydrogens is 131 g/mol. The molecule has 1 aliphatic rings. The molecule has 1 fully saturated rings. The first-order chi connectivity index (χ1) is 4.00. The first kappa shape index (κ1) is 6.86. The number of nitrogens with one attached hydrogen (secondary N) is 1. The average molecular weight is 139 g/mol. The fraction of sp³-hybridized carbons (Fsp3) is 1.00. The Morgan fingerprint density at radius 3 is 2.00 bits per heavy atom. The summed E-state index contributed by atoms with van der Waals surface area (Å²) in [4.78, 5) is 0. The number of alkyl halides is 3. The van der Waals surface area contributed by atoms with Gasteiger partial charge in [0.2, 0.25) is 0 Å². The average Bonchev–Trinajstić information content (AvgIpc) is 1.55. The summed E-state index contributed by atoms with van der Waals surface area (Å²) in [5, 5.41) is 2.36. The molecule has 1 unspecified atom stereocenters. The molecule has 0 aromatic heterocycles. The molecule has 0 aromatic carbocycles. The van der Waals surface area contributed by atoms with Gasteiger partial charge in [-0.1, -0.05) is 0 Å². The van der Waals surface area contributed by atoms with Crippen LogP contribution in [0.25, 0.3) is 0 Å². The third kappa shape index (κ3) is 1.36.